The fourth-order valence-corrected chi connectivity index (χ4v) is 1.18. The molecular weight excluding hydrogens is 214 g/mol. The molecular formula is C10H15NO5. The van der Waals surface area contributed by atoms with Crippen LogP contribution in [0.15, 0.2) is 23.8 Å². The summed E-state index contributed by atoms with van der Waals surface area (Å²) in [6.07, 6.45) is 4.43. The highest BCUT2D eigenvalue weighted by molar-refractivity contribution is 5.90. The van der Waals surface area contributed by atoms with Crippen molar-refractivity contribution in [2.45, 2.75) is 13.3 Å². The van der Waals surface area contributed by atoms with E-state index in [-0.39, 0.29) is 12.0 Å². The van der Waals surface area contributed by atoms with Gasteiger partial charge >= 0.3 is 11.9 Å². The molecule has 6 heteroatoms. The van der Waals surface area contributed by atoms with Gasteiger partial charge in [-0.1, -0.05) is 18.2 Å². The predicted molar refractivity (Wildman–Crippen MR) is 56.4 cm³/mol. The van der Waals surface area contributed by atoms with Crippen molar-refractivity contribution in [3.63, 3.8) is 0 Å². The lowest BCUT2D eigenvalue weighted by Gasteiger charge is -2.23. The average molecular weight is 229 g/mol. The maximum Gasteiger partial charge on any atom is 0.331 e. The van der Waals surface area contributed by atoms with Crippen molar-refractivity contribution in [2.24, 2.45) is 11.3 Å². The Balaban J connectivity index is 0.000000673. The maximum absolute atomic E-state index is 10.8. The van der Waals surface area contributed by atoms with Crippen molar-refractivity contribution in [2.75, 3.05) is 7.11 Å². The molecule has 1 rings (SSSR count). The van der Waals surface area contributed by atoms with Gasteiger partial charge in [-0.3, -0.25) is 4.79 Å². The summed E-state index contributed by atoms with van der Waals surface area (Å²) in [5.74, 6) is 2.28. The average Bonchev–Trinajstić information content (AvgIpc) is 2.18. The molecule has 0 saturated heterocycles. The Kier molecular flexibility index (Phi) is 5.41. The second kappa shape index (κ2) is 6.04. The van der Waals surface area contributed by atoms with Gasteiger partial charge in [-0.05, 0) is 13.3 Å². The Morgan fingerprint density at radius 1 is 1.50 bits per heavy atom. The van der Waals surface area contributed by atoms with E-state index in [0.717, 1.165) is 0 Å². The van der Waals surface area contributed by atoms with Gasteiger partial charge in [0.15, 0.2) is 0 Å². The van der Waals surface area contributed by atoms with Crippen LogP contribution in [-0.4, -0.2) is 29.3 Å². The third-order valence-corrected chi connectivity index (χ3v) is 2.08. The summed E-state index contributed by atoms with van der Waals surface area (Å²) < 4.78 is 0. The first-order chi connectivity index (χ1) is 7.37. The quantitative estimate of drug-likeness (QED) is 0.596. The van der Waals surface area contributed by atoms with Crippen LogP contribution in [0.5, 0.6) is 0 Å². The van der Waals surface area contributed by atoms with E-state index in [2.05, 4.69) is 10.7 Å². The van der Waals surface area contributed by atoms with Crippen LogP contribution in [0.3, 0.4) is 0 Å². The number of hydrogen-bond acceptors (Lipinski definition) is 4. The normalized spacial score (nSPS) is 22.8. The summed E-state index contributed by atoms with van der Waals surface area (Å²) in [6.45, 7) is 1.50. The van der Waals surface area contributed by atoms with E-state index < -0.39 is 17.4 Å². The monoisotopic (exact) mass is 229 g/mol. The summed E-state index contributed by atoms with van der Waals surface area (Å²) in [7, 11) is 1.40. The molecule has 0 spiro atoms. The molecule has 1 aliphatic rings. The SMILES string of the molecule is CC1(C(=O)O)C=CC=C(C(=O)O)C1.CON. The largest absolute Gasteiger partial charge is 0.481 e. The van der Waals surface area contributed by atoms with Crippen LogP contribution in [0.2, 0.25) is 0 Å². The molecule has 1 unspecified atom stereocenters. The molecule has 0 fully saturated rings. The molecule has 6 nitrogen and oxygen atoms in total. The minimum absolute atomic E-state index is 0.0359. The number of hydrogen-bond donors (Lipinski definition) is 3. The van der Waals surface area contributed by atoms with E-state index in [4.69, 9.17) is 10.2 Å². The van der Waals surface area contributed by atoms with Crippen molar-refractivity contribution in [3.8, 4) is 0 Å². The van der Waals surface area contributed by atoms with Gasteiger partial charge in [0.2, 0.25) is 0 Å². The highest BCUT2D eigenvalue weighted by Gasteiger charge is 2.34. The number of nitrogens with two attached hydrogens (primary N) is 1. The second-order valence-electron chi connectivity index (χ2n) is 3.49. The number of aliphatic carboxylic acids is 2. The minimum Gasteiger partial charge on any atom is -0.481 e. The summed E-state index contributed by atoms with van der Waals surface area (Å²) >= 11 is 0. The van der Waals surface area contributed by atoms with Crippen LogP contribution >= 0.6 is 0 Å². The van der Waals surface area contributed by atoms with E-state index in [9.17, 15) is 9.59 Å². The second-order valence-corrected chi connectivity index (χ2v) is 3.49. The van der Waals surface area contributed by atoms with Gasteiger partial charge < -0.3 is 15.1 Å². The number of rotatable bonds is 2. The number of allylic oxidation sites excluding steroid dienone is 2. The van der Waals surface area contributed by atoms with Crippen molar-refractivity contribution in [3.05, 3.63) is 23.8 Å². The molecule has 0 aliphatic heterocycles. The van der Waals surface area contributed by atoms with Crippen molar-refractivity contribution < 1.29 is 24.6 Å². The van der Waals surface area contributed by atoms with E-state index in [1.807, 2.05) is 0 Å². The lowest BCUT2D eigenvalue weighted by Crippen LogP contribution is -2.28. The molecule has 1 aliphatic carbocycles. The third kappa shape index (κ3) is 3.84. The van der Waals surface area contributed by atoms with Crippen molar-refractivity contribution in [1.29, 1.82) is 0 Å². The number of carbonyl (C=O) groups is 2. The van der Waals surface area contributed by atoms with Crippen LogP contribution in [-0.2, 0) is 14.4 Å². The lowest BCUT2D eigenvalue weighted by molar-refractivity contribution is -0.145. The fourth-order valence-electron chi connectivity index (χ4n) is 1.18. The molecule has 0 aromatic rings. The van der Waals surface area contributed by atoms with E-state index in [1.54, 1.807) is 0 Å². The highest BCUT2D eigenvalue weighted by atomic mass is 16.6. The Bertz CT molecular complexity index is 334. The van der Waals surface area contributed by atoms with Gasteiger partial charge in [-0.2, -0.15) is 0 Å². The van der Waals surface area contributed by atoms with Crippen LogP contribution in [0.25, 0.3) is 0 Å². The van der Waals surface area contributed by atoms with Gasteiger partial charge in [-0.25, -0.2) is 10.7 Å². The summed E-state index contributed by atoms with van der Waals surface area (Å²) in [4.78, 5) is 25.1. The zero-order chi connectivity index (χ0) is 12.8. The topological polar surface area (TPSA) is 110 Å². The smallest absolute Gasteiger partial charge is 0.331 e. The Morgan fingerprint density at radius 3 is 2.38 bits per heavy atom. The van der Waals surface area contributed by atoms with E-state index >= 15 is 0 Å². The first-order valence-electron chi connectivity index (χ1n) is 4.45. The molecule has 0 bridgehead atoms. The lowest BCUT2D eigenvalue weighted by atomic mass is 9.80. The molecule has 0 aromatic heterocycles. The van der Waals surface area contributed by atoms with Gasteiger partial charge in [0.05, 0.1) is 12.5 Å². The Hall–Kier alpha value is -1.66. The highest BCUT2D eigenvalue weighted by Crippen LogP contribution is 2.31. The Labute approximate surface area is 93.0 Å². The third-order valence-electron chi connectivity index (χ3n) is 2.08. The molecule has 4 N–H and O–H groups in total. The van der Waals surface area contributed by atoms with Crippen LogP contribution in [0, 0.1) is 5.41 Å². The number of carboxylic acid groups (broad SMARTS) is 2. The summed E-state index contributed by atoms with van der Waals surface area (Å²) in [5, 5.41) is 17.5. The molecule has 16 heavy (non-hydrogen) atoms. The minimum atomic E-state index is -1.08. The Morgan fingerprint density at radius 2 is 2.00 bits per heavy atom. The molecule has 0 aromatic carbocycles. The van der Waals surface area contributed by atoms with Crippen LogP contribution in [0.1, 0.15) is 13.3 Å². The van der Waals surface area contributed by atoms with E-state index in [1.165, 1.54) is 32.3 Å². The molecule has 90 valence electrons. The standard InChI is InChI=1S/C9H10O4.CH5NO/c1-9(8(12)13)4-2-3-6(5-9)7(10)11;1-3-2/h2-4H,5H2,1H3,(H,10,11)(H,12,13);2H2,1H3. The summed E-state index contributed by atoms with van der Waals surface area (Å²) in [5.41, 5.74) is -0.949. The fraction of sp³-hybridized carbons (Fsp3) is 0.400. The van der Waals surface area contributed by atoms with Gasteiger partial charge in [0.25, 0.3) is 0 Å². The van der Waals surface area contributed by atoms with Gasteiger partial charge in [-0.15, -0.1) is 0 Å². The van der Waals surface area contributed by atoms with Crippen LogP contribution < -0.4 is 5.90 Å². The predicted octanol–water partition coefficient (Wildman–Crippen LogP) is 0.555. The molecule has 0 saturated carbocycles. The van der Waals surface area contributed by atoms with Gasteiger partial charge in [0.1, 0.15) is 0 Å². The number of carboxylic acids is 2. The van der Waals surface area contributed by atoms with Crippen LogP contribution in [0.4, 0.5) is 0 Å². The summed E-state index contributed by atoms with van der Waals surface area (Å²) in [6, 6.07) is 0. The first-order valence-corrected chi connectivity index (χ1v) is 4.45. The molecule has 0 heterocycles. The van der Waals surface area contributed by atoms with E-state index in [0.29, 0.717) is 0 Å². The molecule has 1 atom stereocenters. The molecule has 0 radical (unpaired) electrons. The first kappa shape index (κ1) is 14.3. The molecule has 0 amide bonds. The zero-order valence-corrected chi connectivity index (χ0v) is 9.14. The zero-order valence-electron chi connectivity index (χ0n) is 9.14. The van der Waals surface area contributed by atoms with Gasteiger partial charge in [0, 0.05) is 5.57 Å². The van der Waals surface area contributed by atoms with Crippen molar-refractivity contribution >= 4 is 11.9 Å². The van der Waals surface area contributed by atoms with Crippen molar-refractivity contribution in [1.82, 2.24) is 0 Å². The maximum atomic E-state index is 10.8.